The Bertz CT molecular complexity index is 1170. The Morgan fingerprint density at radius 3 is 2.46 bits per heavy atom. The van der Waals surface area contributed by atoms with Crippen LogP contribution in [0.1, 0.15) is 5.56 Å². The van der Waals surface area contributed by atoms with Crippen molar-refractivity contribution < 1.29 is 13.9 Å². The van der Waals surface area contributed by atoms with Gasteiger partial charge in [-0.15, -0.1) is 0 Å². The zero-order valence-electron chi connectivity index (χ0n) is 15.2. The average Bonchev–Trinajstić information content (AvgIpc) is 3.01. The molecule has 4 rings (SSSR count). The third-order valence-corrected chi connectivity index (χ3v) is 4.60. The molecule has 6 heteroatoms. The highest BCUT2D eigenvalue weighted by Crippen LogP contribution is 2.31. The second-order valence-corrected chi connectivity index (χ2v) is 6.52. The molecule has 0 unspecified atom stereocenters. The maximum absolute atomic E-state index is 13.5. The van der Waals surface area contributed by atoms with E-state index in [2.05, 4.69) is 5.10 Å². The molecule has 0 aliphatic heterocycles. The van der Waals surface area contributed by atoms with Gasteiger partial charge in [-0.05, 0) is 41.0 Å². The molecule has 140 valence electrons. The molecular formula is C22H18FN3O2. The lowest BCUT2D eigenvalue weighted by atomic mass is 10.0. The van der Waals surface area contributed by atoms with E-state index in [1.807, 2.05) is 60.3 Å². The van der Waals surface area contributed by atoms with E-state index in [1.165, 1.54) is 12.1 Å². The Morgan fingerprint density at radius 1 is 1.04 bits per heavy atom. The minimum absolute atomic E-state index is 0.138. The van der Waals surface area contributed by atoms with Crippen LogP contribution >= 0.6 is 0 Å². The lowest BCUT2D eigenvalue weighted by Gasteiger charge is -2.06. The van der Waals surface area contributed by atoms with Gasteiger partial charge in [-0.25, -0.2) is 9.18 Å². The fourth-order valence-electron chi connectivity index (χ4n) is 3.30. The summed E-state index contributed by atoms with van der Waals surface area (Å²) in [6, 6.07) is 20.1. The number of rotatable bonds is 4. The fourth-order valence-corrected chi connectivity index (χ4v) is 3.30. The number of halogens is 1. The molecule has 0 aliphatic rings. The Morgan fingerprint density at radius 2 is 1.75 bits per heavy atom. The highest BCUT2D eigenvalue weighted by molar-refractivity contribution is 5.95. The summed E-state index contributed by atoms with van der Waals surface area (Å²) in [4.78, 5) is 10.7. The SMILES string of the molecule is Cn1nc2cc(-c3cccc(F)c3)ccc2c1-c1ccc(COC(N)=O)cc1. The summed E-state index contributed by atoms with van der Waals surface area (Å²) in [5.41, 5.74) is 10.4. The zero-order valence-corrected chi connectivity index (χ0v) is 15.2. The number of primary amides is 1. The van der Waals surface area contributed by atoms with E-state index in [4.69, 9.17) is 10.5 Å². The van der Waals surface area contributed by atoms with Crippen LogP contribution in [0.25, 0.3) is 33.3 Å². The highest BCUT2D eigenvalue weighted by atomic mass is 19.1. The van der Waals surface area contributed by atoms with Gasteiger partial charge < -0.3 is 10.5 Å². The number of nitrogens with two attached hydrogens (primary N) is 1. The average molecular weight is 375 g/mol. The van der Waals surface area contributed by atoms with Gasteiger partial charge in [0.25, 0.3) is 0 Å². The molecule has 0 aliphatic carbocycles. The lowest BCUT2D eigenvalue weighted by Crippen LogP contribution is -2.12. The Hall–Kier alpha value is -3.67. The number of aryl methyl sites for hydroxylation is 1. The molecular weight excluding hydrogens is 357 g/mol. The van der Waals surface area contributed by atoms with Gasteiger partial charge in [0.05, 0.1) is 11.2 Å². The van der Waals surface area contributed by atoms with Crippen LogP contribution in [0.5, 0.6) is 0 Å². The molecule has 0 fully saturated rings. The Balaban J connectivity index is 1.70. The summed E-state index contributed by atoms with van der Waals surface area (Å²) in [5, 5.41) is 5.62. The van der Waals surface area contributed by atoms with Crippen LogP contribution in [0.2, 0.25) is 0 Å². The third kappa shape index (κ3) is 3.44. The number of nitrogens with zero attached hydrogens (tertiary/aromatic N) is 2. The van der Waals surface area contributed by atoms with Crippen molar-refractivity contribution in [2.45, 2.75) is 6.61 Å². The first kappa shape index (κ1) is 17.7. The van der Waals surface area contributed by atoms with Crippen molar-refractivity contribution in [3.05, 3.63) is 78.1 Å². The number of carbonyl (C=O) groups is 1. The summed E-state index contributed by atoms with van der Waals surface area (Å²) >= 11 is 0. The first-order chi connectivity index (χ1) is 13.5. The van der Waals surface area contributed by atoms with Crippen LogP contribution in [0.4, 0.5) is 9.18 Å². The number of fused-ring (bicyclic) bond motifs is 1. The molecule has 0 radical (unpaired) electrons. The topological polar surface area (TPSA) is 70.1 Å². The van der Waals surface area contributed by atoms with Gasteiger partial charge in [0.2, 0.25) is 0 Å². The second kappa shape index (κ2) is 7.15. The normalized spacial score (nSPS) is 10.9. The van der Waals surface area contributed by atoms with Crippen molar-refractivity contribution in [2.75, 3.05) is 0 Å². The van der Waals surface area contributed by atoms with Crippen molar-refractivity contribution in [3.8, 4) is 22.4 Å². The monoisotopic (exact) mass is 375 g/mol. The van der Waals surface area contributed by atoms with E-state index >= 15 is 0 Å². The zero-order chi connectivity index (χ0) is 19.7. The molecule has 0 bridgehead atoms. The maximum atomic E-state index is 13.5. The van der Waals surface area contributed by atoms with E-state index in [9.17, 15) is 9.18 Å². The highest BCUT2D eigenvalue weighted by Gasteiger charge is 2.12. The lowest BCUT2D eigenvalue weighted by molar-refractivity contribution is 0.150. The first-order valence-corrected chi connectivity index (χ1v) is 8.75. The van der Waals surface area contributed by atoms with Crippen LogP contribution in [-0.2, 0) is 18.4 Å². The summed E-state index contributed by atoms with van der Waals surface area (Å²) < 4.78 is 20.2. The number of benzene rings is 3. The number of ether oxygens (including phenoxy) is 1. The van der Waals surface area contributed by atoms with E-state index in [-0.39, 0.29) is 12.4 Å². The molecule has 1 aromatic heterocycles. The quantitative estimate of drug-likeness (QED) is 0.565. The molecule has 5 nitrogen and oxygen atoms in total. The molecule has 0 saturated carbocycles. The summed E-state index contributed by atoms with van der Waals surface area (Å²) in [7, 11) is 1.89. The van der Waals surface area contributed by atoms with E-state index in [0.29, 0.717) is 0 Å². The van der Waals surface area contributed by atoms with Crippen molar-refractivity contribution in [1.29, 1.82) is 0 Å². The fraction of sp³-hybridized carbons (Fsp3) is 0.0909. The van der Waals surface area contributed by atoms with Gasteiger partial charge in [-0.1, -0.05) is 42.5 Å². The van der Waals surface area contributed by atoms with Gasteiger partial charge in [0.15, 0.2) is 0 Å². The molecule has 0 spiro atoms. The van der Waals surface area contributed by atoms with Gasteiger partial charge in [0.1, 0.15) is 12.4 Å². The predicted molar refractivity (Wildman–Crippen MR) is 106 cm³/mol. The number of carbonyl (C=O) groups excluding carboxylic acids is 1. The van der Waals surface area contributed by atoms with Crippen molar-refractivity contribution in [1.82, 2.24) is 9.78 Å². The smallest absolute Gasteiger partial charge is 0.404 e. The Labute approximate surface area is 161 Å². The van der Waals surface area contributed by atoms with Gasteiger partial charge in [-0.2, -0.15) is 5.10 Å². The molecule has 28 heavy (non-hydrogen) atoms. The van der Waals surface area contributed by atoms with Crippen molar-refractivity contribution in [3.63, 3.8) is 0 Å². The van der Waals surface area contributed by atoms with Crippen molar-refractivity contribution >= 4 is 17.0 Å². The standard InChI is InChI=1S/C22H18FN3O2/c1-26-21(15-7-5-14(6-8-15)13-28-22(24)27)19-10-9-17(12-20(19)25-26)16-3-2-4-18(23)11-16/h2-12H,13H2,1H3,(H2,24,27). The van der Waals surface area contributed by atoms with Gasteiger partial charge in [0, 0.05) is 18.0 Å². The summed E-state index contributed by atoms with van der Waals surface area (Å²) in [5.74, 6) is -0.264. The maximum Gasteiger partial charge on any atom is 0.404 e. The number of hydrogen-bond acceptors (Lipinski definition) is 3. The molecule has 3 aromatic carbocycles. The van der Waals surface area contributed by atoms with Crippen LogP contribution in [0, 0.1) is 5.82 Å². The van der Waals surface area contributed by atoms with Crippen LogP contribution in [-0.4, -0.2) is 15.9 Å². The van der Waals surface area contributed by atoms with Crippen LogP contribution in [0.15, 0.2) is 66.7 Å². The molecule has 2 N–H and O–H groups in total. The van der Waals surface area contributed by atoms with Crippen LogP contribution in [0.3, 0.4) is 0 Å². The predicted octanol–water partition coefficient (Wildman–Crippen LogP) is 4.64. The van der Waals surface area contributed by atoms with E-state index in [1.54, 1.807) is 6.07 Å². The molecule has 1 heterocycles. The molecule has 4 aromatic rings. The molecule has 0 saturated heterocycles. The minimum Gasteiger partial charge on any atom is -0.445 e. The second-order valence-electron chi connectivity index (χ2n) is 6.52. The Kier molecular flexibility index (Phi) is 4.53. The number of hydrogen-bond donors (Lipinski definition) is 1. The van der Waals surface area contributed by atoms with E-state index in [0.717, 1.165) is 38.9 Å². The first-order valence-electron chi connectivity index (χ1n) is 8.75. The van der Waals surface area contributed by atoms with Crippen molar-refractivity contribution in [2.24, 2.45) is 12.8 Å². The third-order valence-electron chi connectivity index (χ3n) is 4.60. The van der Waals surface area contributed by atoms with Crippen LogP contribution < -0.4 is 5.73 Å². The summed E-state index contributed by atoms with van der Waals surface area (Å²) in [6.07, 6.45) is -0.796. The molecule has 0 atom stereocenters. The number of amides is 1. The summed E-state index contributed by atoms with van der Waals surface area (Å²) in [6.45, 7) is 0.138. The van der Waals surface area contributed by atoms with E-state index < -0.39 is 6.09 Å². The minimum atomic E-state index is -0.796. The van der Waals surface area contributed by atoms with Gasteiger partial charge >= 0.3 is 6.09 Å². The molecule has 1 amide bonds. The largest absolute Gasteiger partial charge is 0.445 e. The van der Waals surface area contributed by atoms with Gasteiger partial charge in [-0.3, -0.25) is 4.68 Å². The number of aromatic nitrogens is 2.